The number of hydrogen-bond acceptors (Lipinski definition) is 5. The number of aromatic amines is 1. The third kappa shape index (κ3) is 2.88. The molecule has 0 spiro atoms. The van der Waals surface area contributed by atoms with E-state index in [0.717, 1.165) is 26.3 Å². The molecule has 26 heavy (non-hydrogen) atoms. The SMILES string of the molecule is Cc1sc2ncn(CCC(=O)Nc3nc4ccccc4[nH]3)c(=O)c2c1C. The molecule has 3 aromatic heterocycles. The number of rotatable bonds is 4. The Balaban J connectivity index is 1.49. The van der Waals surface area contributed by atoms with Gasteiger partial charge >= 0.3 is 0 Å². The molecule has 0 aliphatic rings. The van der Waals surface area contributed by atoms with Gasteiger partial charge in [0, 0.05) is 17.8 Å². The van der Waals surface area contributed by atoms with E-state index < -0.39 is 0 Å². The van der Waals surface area contributed by atoms with E-state index in [-0.39, 0.29) is 24.4 Å². The summed E-state index contributed by atoms with van der Waals surface area (Å²) in [6, 6.07) is 7.55. The van der Waals surface area contributed by atoms with Crippen LogP contribution in [0.15, 0.2) is 35.4 Å². The standard InChI is InChI=1S/C18H17N5O2S/c1-10-11(2)26-16-15(10)17(25)23(9-19-16)8-7-14(24)22-18-20-12-5-3-4-6-13(12)21-18/h3-6,9H,7-8H2,1-2H3,(H2,20,21,22,24). The van der Waals surface area contributed by atoms with Gasteiger partial charge in [0.05, 0.1) is 22.7 Å². The lowest BCUT2D eigenvalue weighted by Crippen LogP contribution is -2.23. The van der Waals surface area contributed by atoms with E-state index in [1.165, 1.54) is 22.2 Å². The zero-order valence-corrected chi connectivity index (χ0v) is 15.2. The van der Waals surface area contributed by atoms with Gasteiger partial charge in [0.2, 0.25) is 11.9 Å². The normalized spacial score (nSPS) is 11.3. The molecule has 1 aromatic carbocycles. The number of H-pyrrole nitrogens is 1. The molecule has 0 radical (unpaired) electrons. The van der Waals surface area contributed by atoms with Crippen LogP contribution in [0.2, 0.25) is 0 Å². The largest absolute Gasteiger partial charge is 0.324 e. The average molecular weight is 367 g/mol. The first kappa shape index (κ1) is 16.5. The maximum atomic E-state index is 12.6. The summed E-state index contributed by atoms with van der Waals surface area (Å²) in [7, 11) is 0. The fourth-order valence-electron chi connectivity index (χ4n) is 2.86. The van der Waals surface area contributed by atoms with Crippen molar-refractivity contribution >= 4 is 44.4 Å². The summed E-state index contributed by atoms with van der Waals surface area (Å²) in [6.07, 6.45) is 1.67. The second-order valence-corrected chi connectivity index (χ2v) is 7.31. The molecule has 2 N–H and O–H groups in total. The first-order valence-electron chi connectivity index (χ1n) is 8.22. The number of carbonyl (C=O) groups excluding carboxylic acids is 1. The molecule has 4 aromatic rings. The number of fused-ring (bicyclic) bond motifs is 2. The first-order chi connectivity index (χ1) is 12.5. The number of para-hydroxylation sites is 2. The van der Waals surface area contributed by atoms with Crippen molar-refractivity contribution < 1.29 is 4.79 Å². The van der Waals surface area contributed by atoms with Crippen LogP contribution in [0.4, 0.5) is 5.95 Å². The fourth-order valence-corrected chi connectivity index (χ4v) is 3.85. The highest BCUT2D eigenvalue weighted by molar-refractivity contribution is 7.18. The Morgan fingerprint density at radius 2 is 2.12 bits per heavy atom. The van der Waals surface area contributed by atoms with Crippen molar-refractivity contribution in [2.24, 2.45) is 0 Å². The molecule has 132 valence electrons. The number of nitrogens with one attached hydrogen (secondary N) is 2. The summed E-state index contributed by atoms with van der Waals surface area (Å²) in [5, 5.41) is 3.38. The minimum absolute atomic E-state index is 0.103. The van der Waals surface area contributed by atoms with Crippen LogP contribution in [0, 0.1) is 13.8 Å². The maximum absolute atomic E-state index is 12.6. The molecule has 7 nitrogen and oxygen atoms in total. The minimum atomic E-state index is -0.214. The van der Waals surface area contributed by atoms with Crippen molar-refractivity contribution in [2.75, 3.05) is 5.32 Å². The summed E-state index contributed by atoms with van der Waals surface area (Å²) < 4.78 is 1.49. The van der Waals surface area contributed by atoms with E-state index >= 15 is 0 Å². The van der Waals surface area contributed by atoms with Crippen molar-refractivity contribution in [3.8, 4) is 0 Å². The predicted molar refractivity (Wildman–Crippen MR) is 103 cm³/mol. The van der Waals surface area contributed by atoms with Crippen molar-refractivity contribution in [1.82, 2.24) is 19.5 Å². The van der Waals surface area contributed by atoms with Crippen LogP contribution in [0.25, 0.3) is 21.3 Å². The molecule has 1 amide bonds. The quantitative estimate of drug-likeness (QED) is 0.580. The number of hydrogen-bond donors (Lipinski definition) is 2. The second kappa shape index (κ2) is 6.38. The van der Waals surface area contributed by atoms with Crippen molar-refractivity contribution in [2.45, 2.75) is 26.8 Å². The number of carbonyl (C=O) groups is 1. The van der Waals surface area contributed by atoms with E-state index in [0.29, 0.717) is 11.3 Å². The summed E-state index contributed by atoms with van der Waals surface area (Å²) in [6.45, 7) is 4.17. The maximum Gasteiger partial charge on any atom is 0.262 e. The van der Waals surface area contributed by atoms with Gasteiger partial charge in [0.15, 0.2) is 0 Å². The molecular weight excluding hydrogens is 350 g/mol. The molecule has 0 atom stereocenters. The van der Waals surface area contributed by atoms with Crippen LogP contribution in [0.3, 0.4) is 0 Å². The second-order valence-electron chi connectivity index (χ2n) is 6.11. The molecule has 0 saturated heterocycles. The van der Waals surface area contributed by atoms with Gasteiger partial charge in [-0.2, -0.15) is 0 Å². The molecular formula is C18H17N5O2S. The Morgan fingerprint density at radius 3 is 2.92 bits per heavy atom. The monoisotopic (exact) mass is 367 g/mol. The number of thiophene rings is 1. The van der Waals surface area contributed by atoms with Crippen LogP contribution < -0.4 is 10.9 Å². The Bertz CT molecular complexity index is 1150. The Morgan fingerprint density at radius 1 is 1.31 bits per heavy atom. The number of amides is 1. The lowest BCUT2D eigenvalue weighted by Gasteiger charge is -2.05. The van der Waals surface area contributed by atoms with Crippen LogP contribution in [0.5, 0.6) is 0 Å². The topological polar surface area (TPSA) is 92.7 Å². The third-order valence-corrected chi connectivity index (χ3v) is 5.50. The predicted octanol–water partition coefficient (Wildman–Crippen LogP) is 2.98. The van der Waals surface area contributed by atoms with E-state index in [9.17, 15) is 9.59 Å². The smallest absolute Gasteiger partial charge is 0.262 e. The number of aryl methyl sites for hydroxylation is 3. The minimum Gasteiger partial charge on any atom is -0.324 e. The third-order valence-electron chi connectivity index (χ3n) is 4.38. The van der Waals surface area contributed by atoms with E-state index in [4.69, 9.17) is 0 Å². The lowest BCUT2D eigenvalue weighted by atomic mass is 10.2. The highest BCUT2D eigenvalue weighted by Gasteiger charge is 2.13. The van der Waals surface area contributed by atoms with Crippen LogP contribution in [0.1, 0.15) is 16.9 Å². The molecule has 0 unspecified atom stereocenters. The van der Waals surface area contributed by atoms with Crippen molar-refractivity contribution in [3.05, 3.63) is 51.4 Å². The number of anilines is 1. The molecule has 0 bridgehead atoms. The van der Waals surface area contributed by atoms with Gasteiger partial charge in [-0.25, -0.2) is 9.97 Å². The van der Waals surface area contributed by atoms with Crippen molar-refractivity contribution in [3.63, 3.8) is 0 Å². The molecule has 3 heterocycles. The van der Waals surface area contributed by atoms with Gasteiger partial charge in [-0.1, -0.05) is 12.1 Å². The highest BCUT2D eigenvalue weighted by atomic mass is 32.1. The van der Waals surface area contributed by atoms with Crippen LogP contribution in [-0.4, -0.2) is 25.4 Å². The number of nitrogens with zero attached hydrogens (tertiary/aromatic N) is 3. The zero-order chi connectivity index (χ0) is 18.3. The van der Waals surface area contributed by atoms with Gasteiger partial charge in [-0.05, 0) is 31.5 Å². The first-order valence-corrected chi connectivity index (χ1v) is 9.04. The van der Waals surface area contributed by atoms with Crippen molar-refractivity contribution in [1.29, 1.82) is 0 Å². The number of benzene rings is 1. The summed E-state index contributed by atoms with van der Waals surface area (Å²) in [4.78, 5) is 38.4. The zero-order valence-electron chi connectivity index (χ0n) is 14.4. The van der Waals surface area contributed by atoms with Gasteiger partial charge in [0.1, 0.15) is 4.83 Å². The molecule has 0 aliphatic carbocycles. The Hall–Kier alpha value is -3.00. The fraction of sp³-hybridized carbons (Fsp3) is 0.222. The summed E-state index contributed by atoms with van der Waals surface area (Å²) in [5.41, 5.74) is 2.51. The van der Waals surface area contributed by atoms with E-state index in [1.807, 2.05) is 38.1 Å². The number of imidazole rings is 1. The van der Waals surface area contributed by atoms with Crippen LogP contribution >= 0.6 is 11.3 Å². The Kier molecular flexibility index (Phi) is 4.04. The molecule has 4 rings (SSSR count). The highest BCUT2D eigenvalue weighted by Crippen LogP contribution is 2.25. The van der Waals surface area contributed by atoms with Gasteiger partial charge < -0.3 is 4.98 Å². The molecule has 0 fully saturated rings. The molecule has 8 heteroatoms. The lowest BCUT2D eigenvalue weighted by molar-refractivity contribution is -0.116. The van der Waals surface area contributed by atoms with Crippen LogP contribution in [-0.2, 0) is 11.3 Å². The van der Waals surface area contributed by atoms with Gasteiger partial charge in [-0.15, -0.1) is 11.3 Å². The molecule has 0 saturated carbocycles. The Labute approximate surface area is 152 Å². The number of aromatic nitrogens is 4. The molecule has 0 aliphatic heterocycles. The average Bonchev–Trinajstić information content (AvgIpc) is 3.15. The van der Waals surface area contributed by atoms with Gasteiger partial charge in [0.25, 0.3) is 5.56 Å². The van der Waals surface area contributed by atoms with E-state index in [2.05, 4.69) is 20.3 Å². The van der Waals surface area contributed by atoms with Gasteiger partial charge in [-0.3, -0.25) is 19.5 Å². The summed E-state index contributed by atoms with van der Waals surface area (Å²) in [5.74, 6) is 0.190. The van der Waals surface area contributed by atoms with E-state index in [1.54, 1.807) is 0 Å². The summed E-state index contributed by atoms with van der Waals surface area (Å²) >= 11 is 1.51.